The van der Waals surface area contributed by atoms with E-state index in [1.165, 1.54) is 13.1 Å². The Labute approximate surface area is 239 Å². The van der Waals surface area contributed by atoms with Crippen molar-refractivity contribution in [3.63, 3.8) is 0 Å². The number of aryl methyl sites for hydroxylation is 1. The van der Waals surface area contributed by atoms with E-state index >= 15 is 0 Å². The Balaban J connectivity index is 1.31. The highest BCUT2D eigenvalue weighted by Gasteiger charge is 2.39. The predicted octanol–water partition coefficient (Wildman–Crippen LogP) is 6.84. The van der Waals surface area contributed by atoms with Gasteiger partial charge in [-0.3, -0.25) is 9.58 Å². The monoisotopic (exact) mass is 600 g/mol. The summed E-state index contributed by atoms with van der Waals surface area (Å²) in [6, 6.07) is 8.86. The van der Waals surface area contributed by atoms with Crippen LogP contribution in [0.2, 0.25) is 5.02 Å². The zero-order valence-electron chi connectivity index (χ0n) is 22.5. The minimum Gasteiger partial charge on any atom is -0.369 e. The molecule has 2 saturated heterocycles. The smallest absolute Gasteiger partial charge is 0.369 e. The minimum absolute atomic E-state index is 0.00205. The number of halogens is 7. The van der Waals surface area contributed by atoms with Crippen LogP contribution in [-0.2, 0) is 6.18 Å². The largest absolute Gasteiger partial charge is 0.433 e. The average Bonchev–Trinajstić information content (AvgIpc) is 3.34. The van der Waals surface area contributed by atoms with Crippen molar-refractivity contribution in [2.45, 2.75) is 44.6 Å². The third-order valence-corrected chi connectivity index (χ3v) is 7.99. The first-order chi connectivity index (χ1) is 19.4. The van der Waals surface area contributed by atoms with Crippen LogP contribution in [0.3, 0.4) is 0 Å². The first-order valence-electron chi connectivity index (χ1n) is 13.6. The number of nitrogens with zero attached hydrogens (tertiary/aromatic N) is 6. The molecule has 2 aliphatic heterocycles. The van der Waals surface area contributed by atoms with E-state index in [9.17, 15) is 26.3 Å². The molecule has 1 unspecified atom stereocenters. The summed E-state index contributed by atoms with van der Waals surface area (Å²) in [4.78, 5) is 10.6. The van der Waals surface area contributed by atoms with E-state index in [0.717, 1.165) is 27.3 Å². The molecule has 0 bridgehead atoms. The molecule has 5 rings (SSSR count). The molecule has 13 heteroatoms. The van der Waals surface area contributed by atoms with Crippen molar-refractivity contribution in [1.82, 2.24) is 19.7 Å². The van der Waals surface area contributed by atoms with Gasteiger partial charge in [0.25, 0.3) is 0 Å². The van der Waals surface area contributed by atoms with Crippen molar-refractivity contribution in [2.75, 3.05) is 55.6 Å². The lowest BCUT2D eigenvalue weighted by atomic mass is 10.00. The Morgan fingerprint density at radius 2 is 1.68 bits per heavy atom. The maximum absolute atomic E-state index is 13.8. The first kappa shape index (κ1) is 29.5. The molecule has 0 aliphatic carbocycles. The van der Waals surface area contributed by atoms with Crippen LogP contribution in [0.4, 0.5) is 37.8 Å². The quantitative estimate of drug-likeness (QED) is 0.290. The molecule has 0 saturated carbocycles. The molecule has 2 fully saturated rings. The minimum atomic E-state index is -4.49. The van der Waals surface area contributed by atoms with Gasteiger partial charge in [-0.1, -0.05) is 17.7 Å². The van der Waals surface area contributed by atoms with Crippen molar-refractivity contribution in [3.05, 3.63) is 59.0 Å². The van der Waals surface area contributed by atoms with Gasteiger partial charge in [0.05, 0.1) is 18.7 Å². The Bertz CT molecular complexity index is 1330. The Morgan fingerprint density at radius 1 is 0.927 bits per heavy atom. The third-order valence-electron chi connectivity index (χ3n) is 7.76. The molecule has 1 aromatic carbocycles. The summed E-state index contributed by atoms with van der Waals surface area (Å²) in [6.07, 6.45) is -5.18. The van der Waals surface area contributed by atoms with Crippen LogP contribution in [0, 0.1) is 6.92 Å². The second-order valence-corrected chi connectivity index (χ2v) is 11.1. The standard InChI is InChI=1S/C28H31ClF6N6/c1-19-16-37-41(26(19)28(33,34)35)22-3-2-9-40(18-22)24-15-21(29)5-6-23(24)20-4-7-25(36-17-20)39-13-11-38(12-14-39)10-8-27(30,31)32/h4-7,15-17,22H,2-3,8-14,18H2,1H3. The van der Waals surface area contributed by atoms with Gasteiger partial charge in [0.1, 0.15) is 11.5 Å². The van der Waals surface area contributed by atoms with Gasteiger partial charge in [-0.15, -0.1) is 0 Å². The van der Waals surface area contributed by atoms with Crippen molar-refractivity contribution in [3.8, 4) is 11.1 Å². The fourth-order valence-electron chi connectivity index (χ4n) is 5.68. The number of alkyl halides is 6. The highest BCUT2D eigenvalue weighted by molar-refractivity contribution is 6.31. The van der Waals surface area contributed by atoms with Crippen LogP contribution in [0.25, 0.3) is 11.1 Å². The number of piperidine rings is 1. The lowest BCUT2D eigenvalue weighted by molar-refractivity contribution is -0.145. The molecule has 4 heterocycles. The van der Waals surface area contributed by atoms with Gasteiger partial charge in [0.2, 0.25) is 0 Å². The van der Waals surface area contributed by atoms with Crippen molar-refractivity contribution in [2.24, 2.45) is 0 Å². The highest BCUT2D eigenvalue weighted by Crippen LogP contribution is 2.39. The van der Waals surface area contributed by atoms with Gasteiger partial charge in [-0.2, -0.15) is 31.4 Å². The summed E-state index contributed by atoms with van der Waals surface area (Å²) in [7, 11) is 0. The molecule has 0 amide bonds. The number of piperazine rings is 1. The van der Waals surface area contributed by atoms with E-state index in [0.29, 0.717) is 57.1 Å². The first-order valence-corrected chi connectivity index (χ1v) is 13.9. The lowest BCUT2D eigenvalue weighted by Gasteiger charge is -2.36. The summed E-state index contributed by atoms with van der Waals surface area (Å²) in [5, 5.41) is 4.61. The lowest BCUT2D eigenvalue weighted by Crippen LogP contribution is -2.47. The van der Waals surface area contributed by atoms with Gasteiger partial charge >= 0.3 is 12.4 Å². The zero-order chi connectivity index (χ0) is 29.4. The van der Waals surface area contributed by atoms with E-state index < -0.39 is 30.5 Å². The SMILES string of the molecule is Cc1cnn(C2CCCN(c3cc(Cl)ccc3-c3ccc(N4CCN(CCC(F)(F)F)CC4)nc3)C2)c1C(F)(F)F. The number of hydrogen-bond donors (Lipinski definition) is 0. The van der Waals surface area contributed by atoms with Crippen molar-refractivity contribution >= 4 is 23.1 Å². The maximum atomic E-state index is 13.8. The fraction of sp³-hybridized carbons (Fsp3) is 0.500. The number of benzene rings is 1. The van der Waals surface area contributed by atoms with Gasteiger partial charge in [-0.25, -0.2) is 4.98 Å². The molecule has 3 aromatic rings. The zero-order valence-corrected chi connectivity index (χ0v) is 23.3. The topological polar surface area (TPSA) is 40.4 Å². The molecule has 0 spiro atoms. The molecule has 41 heavy (non-hydrogen) atoms. The van der Waals surface area contributed by atoms with Crippen LogP contribution >= 0.6 is 11.6 Å². The van der Waals surface area contributed by atoms with E-state index in [1.807, 2.05) is 29.2 Å². The second-order valence-electron chi connectivity index (χ2n) is 10.6. The number of pyridine rings is 1. The Morgan fingerprint density at radius 3 is 2.34 bits per heavy atom. The van der Waals surface area contributed by atoms with Crippen LogP contribution in [0.15, 0.2) is 42.7 Å². The number of hydrogen-bond acceptors (Lipinski definition) is 5. The normalized spacial score (nSPS) is 19.2. The molecule has 0 N–H and O–H groups in total. The molecule has 2 aliphatic rings. The van der Waals surface area contributed by atoms with E-state index in [-0.39, 0.29) is 12.1 Å². The van der Waals surface area contributed by atoms with Gasteiger partial charge in [-0.05, 0) is 49.6 Å². The van der Waals surface area contributed by atoms with E-state index in [2.05, 4.69) is 19.9 Å². The molecule has 1 atom stereocenters. The summed E-state index contributed by atoms with van der Waals surface area (Å²) >= 11 is 6.37. The predicted molar refractivity (Wildman–Crippen MR) is 146 cm³/mol. The van der Waals surface area contributed by atoms with E-state index in [1.54, 1.807) is 12.3 Å². The Kier molecular flexibility index (Phi) is 8.43. The summed E-state index contributed by atoms with van der Waals surface area (Å²) in [5.41, 5.74) is 1.90. The van der Waals surface area contributed by atoms with Gasteiger partial charge in [0.15, 0.2) is 0 Å². The molecule has 0 radical (unpaired) electrons. The van der Waals surface area contributed by atoms with Crippen LogP contribution in [0.1, 0.15) is 36.6 Å². The highest BCUT2D eigenvalue weighted by atomic mass is 35.5. The number of aromatic nitrogens is 3. The Hall–Kier alpha value is -2.99. The van der Waals surface area contributed by atoms with Crippen molar-refractivity contribution in [1.29, 1.82) is 0 Å². The molecular formula is C28H31ClF6N6. The van der Waals surface area contributed by atoms with Crippen LogP contribution < -0.4 is 9.80 Å². The van der Waals surface area contributed by atoms with Crippen LogP contribution in [-0.4, -0.2) is 71.7 Å². The second kappa shape index (κ2) is 11.7. The molecular weight excluding hydrogens is 570 g/mol. The van der Waals surface area contributed by atoms with Gasteiger partial charge < -0.3 is 9.80 Å². The molecule has 6 nitrogen and oxygen atoms in total. The average molecular weight is 601 g/mol. The number of anilines is 2. The van der Waals surface area contributed by atoms with Gasteiger partial charge in [0, 0.05) is 73.8 Å². The maximum Gasteiger partial charge on any atom is 0.433 e. The van der Waals surface area contributed by atoms with E-state index in [4.69, 9.17) is 11.6 Å². The van der Waals surface area contributed by atoms with Crippen molar-refractivity contribution < 1.29 is 26.3 Å². The molecule has 222 valence electrons. The number of rotatable bonds is 6. The van der Waals surface area contributed by atoms with Crippen LogP contribution in [0.5, 0.6) is 0 Å². The summed E-state index contributed by atoms with van der Waals surface area (Å²) < 4.78 is 80.1. The third kappa shape index (κ3) is 6.91. The summed E-state index contributed by atoms with van der Waals surface area (Å²) in [6.45, 7) is 4.66. The fourth-order valence-corrected chi connectivity index (χ4v) is 5.85. The molecule has 2 aromatic heterocycles. The summed E-state index contributed by atoms with van der Waals surface area (Å²) in [5.74, 6) is 0.742.